The molecule has 0 aliphatic carbocycles. The first-order valence-electron chi connectivity index (χ1n) is 5.87. The Morgan fingerprint density at radius 2 is 2.00 bits per heavy atom. The normalized spacial score (nSPS) is 21.2. The van der Waals surface area contributed by atoms with Crippen LogP contribution in [0.5, 0.6) is 0 Å². The van der Waals surface area contributed by atoms with E-state index in [9.17, 15) is 14.4 Å². The van der Waals surface area contributed by atoms with Crippen molar-refractivity contribution in [1.29, 1.82) is 0 Å². The molecule has 1 aliphatic rings. The van der Waals surface area contributed by atoms with Crippen molar-refractivity contribution in [1.82, 2.24) is 10.6 Å². The van der Waals surface area contributed by atoms with Crippen LogP contribution in [-0.4, -0.2) is 28.3 Å². The topological polar surface area (TPSA) is 75.3 Å². The Labute approximate surface area is 115 Å². The first-order chi connectivity index (χ1) is 9.06. The Kier molecular flexibility index (Phi) is 4.21. The number of benzene rings is 1. The molecule has 0 radical (unpaired) electrons. The lowest BCUT2D eigenvalue weighted by Gasteiger charge is -2.35. The SMILES string of the molecule is CC(=O)S[C@H]1NC(=O)[C@H]1NC(=O)Cc1ccccc1. The van der Waals surface area contributed by atoms with Gasteiger partial charge in [-0.05, 0) is 5.56 Å². The van der Waals surface area contributed by atoms with Crippen molar-refractivity contribution in [3.63, 3.8) is 0 Å². The molecule has 2 rings (SSSR count). The van der Waals surface area contributed by atoms with Crippen molar-refractivity contribution in [2.75, 3.05) is 0 Å². The Balaban J connectivity index is 1.88. The lowest BCUT2D eigenvalue weighted by molar-refractivity contribution is -0.134. The quantitative estimate of drug-likeness (QED) is 0.784. The van der Waals surface area contributed by atoms with Crippen molar-refractivity contribution < 1.29 is 14.4 Å². The monoisotopic (exact) mass is 278 g/mol. The fraction of sp³-hybridized carbons (Fsp3) is 0.308. The van der Waals surface area contributed by atoms with Gasteiger partial charge in [-0.25, -0.2) is 0 Å². The zero-order valence-corrected chi connectivity index (χ0v) is 11.2. The molecule has 1 aromatic carbocycles. The summed E-state index contributed by atoms with van der Waals surface area (Å²) in [6, 6.07) is 8.66. The summed E-state index contributed by atoms with van der Waals surface area (Å²) in [6.45, 7) is 1.43. The van der Waals surface area contributed by atoms with Gasteiger partial charge in [-0.3, -0.25) is 14.4 Å². The van der Waals surface area contributed by atoms with Gasteiger partial charge in [-0.2, -0.15) is 0 Å². The van der Waals surface area contributed by atoms with E-state index in [0.29, 0.717) is 0 Å². The second kappa shape index (κ2) is 5.88. The molecule has 6 heteroatoms. The van der Waals surface area contributed by atoms with E-state index in [1.54, 1.807) is 0 Å². The summed E-state index contributed by atoms with van der Waals surface area (Å²) in [4.78, 5) is 34.1. The molecule has 0 aromatic heterocycles. The van der Waals surface area contributed by atoms with Crippen LogP contribution in [0.1, 0.15) is 12.5 Å². The van der Waals surface area contributed by atoms with Crippen LogP contribution in [0, 0.1) is 0 Å². The van der Waals surface area contributed by atoms with Crippen LogP contribution in [0.3, 0.4) is 0 Å². The number of carbonyl (C=O) groups is 3. The number of hydrogen-bond donors (Lipinski definition) is 2. The van der Waals surface area contributed by atoms with E-state index in [2.05, 4.69) is 10.6 Å². The van der Waals surface area contributed by atoms with Crippen molar-refractivity contribution in [3.8, 4) is 0 Å². The van der Waals surface area contributed by atoms with Gasteiger partial charge in [0.15, 0.2) is 5.12 Å². The van der Waals surface area contributed by atoms with Crippen molar-refractivity contribution in [2.24, 2.45) is 0 Å². The number of thioether (sulfide) groups is 1. The average Bonchev–Trinajstić information content (AvgIpc) is 2.36. The van der Waals surface area contributed by atoms with Gasteiger partial charge in [0, 0.05) is 6.92 Å². The largest absolute Gasteiger partial charge is 0.341 e. The Bertz CT molecular complexity index is 504. The molecule has 2 amide bonds. The number of rotatable bonds is 4. The average molecular weight is 278 g/mol. The van der Waals surface area contributed by atoms with Crippen LogP contribution in [0.15, 0.2) is 30.3 Å². The van der Waals surface area contributed by atoms with E-state index in [1.165, 1.54) is 6.92 Å². The van der Waals surface area contributed by atoms with Crippen molar-refractivity contribution in [2.45, 2.75) is 24.8 Å². The van der Waals surface area contributed by atoms with Crippen LogP contribution >= 0.6 is 11.8 Å². The van der Waals surface area contributed by atoms with Gasteiger partial charge in [0.25, 0.3) is 0 Å². The molecule has 0 bridgehead atoms. The number of hydrogen-bond acceptors (Lipinski definition) is 4. The van der Waals surface area contributed by atoms with Gasteiger partial charge in [-0.15, -0.1) is 0 Å². The predicted molar refractivity (Wildman–Crippen MR) is 72.3 cm³/mol. The standard InChI is InChI=1S/C13H14N2O3S/c1-8(16)19-13-11(12(18)15-13)14-10(17)7-9-5-3-2-4-6-9/h2-6,11,13H,7H2,1H3,(H,14,17)(H,15,18)/t11-,13-/m1/s1. The minimum Gasteiger partial charge on any atom is -0.341 e. The van der Waals surface area contributed by atoms with Gasteiger partial charge >= 0.3 is 0 Å². The highest BCUT2D eigenvalue weighted by Crippen LogP contribution is 2.20. The summed E-state index contributed by atoms with van der Waals surface area (Å²) in [5.74, 6) is -0.472. The van der Waals surface area contributed by atoms with E-state index >= 15 is 0 Å². The maximum absolute atomic E-state index is 11.8. The van der Waals surface area contributed by atoms with E-state index < -0.39 is 6.04 Å². The summed E-state index contributed by atoms with van der Waals surface area (Å²) in [6.07, 6.45) is 0.224. The Morgan fingerprint density at radius 3 is 2.58 bits per heavy atom. The summed E-state index contributed by atoms with van der Waals surface area (Å²) in [5.41, 5.74) is 0.885. The maximum Gasteiger partial charge on any atom is 0.246 e. The third-order valence-electron chi connectivity index (χ3n) is 2.69. The van der Waals surface area contributed by atoms with Gasteiger partial charge in [0.1, 0.15) is 11.4 Å². The van der Waals surface area contributed by atoms with Gasteiger partial charge < -0.3 is 10.6 Å². The summed E-state index contributed by atoms with van der Waals surface area (Å²) in [5, 5.41) is 4.78. The second-order valence-corrected chi connectivity index (χ2v) is 5.56. The summed E-state index contributed by atoms with van der Waals surface area (Å²) >= 11 is 1.02. The lowest BCUT2D eigenvalue weighted by Crippen LogP contribution is -2.68. The molecule has 100 valence electrons. The van der Waals surface area contributed by atoms with Gasteiger partial charge in [0.2, 0.25) is 11.8 Å². The molecule has 1 fully saturated rings. The highest BCUT2D eigenvalue weighted by Gasteiger charge is 2.41. The van der Waals surface area contributed by atoms with Crippen LogP contribution in [-0.2, 0) is 20.8 Å². The van der Waals surface area contributed by atoms with Crippen molar-refractivity contribution in [3.05, 3.63) is 35.9 Å². The number of β-lactam (4-membered cyclic amide) rings is 1. The third kappa shape index (κ3) is 3.57. The Morgan fingerprint density at radius 1 is 1.32 bits per heavy atom. The second-order valence-electron chi connectivity index (χ2n) is 4.25. The molecule has 2 atom stereocenters. The first kappa shape index (κ1) is 13.6. The lowest BCUT2D eigenvalue weighted by atomic mass is 10.1. The van der Waals surface area contributed by atoms with Crippen LogP contribution in [0.2, 0.25) is 0 Å². The molecule has 2 N–H and O–H groups in total. The van der Waals surface area contributed by atoms with Gasteiger partial charge in [-0.1, -0.05) is 42.1 Å². The molecule has 0 unspecified atom stereocenters. The predicted octanol–water partition coefficient (Wildman–Crippen LogP) is 0.449. The molecular formula is C13H14N2O3S. The fourth-order valence-corrected chi connectivity index (χ4v) is 2.64. The number of amides is 2. The van der Waals surface area contributed by atoms with Crippen LogP contribution < -0.4 is 10.6 Å². The highest BCUT2D eigenvalue weighted by atomic mass is 32.2. The summed E-state index contributed by atoms with van der Waals surface area (Å²) < 4.78 is 0. The van der Waals surface area contributed by atoms with E-state index in [4.69, 9.17) is 0 Å². The van der Waals surface area contributed by atoms with Crippen LogP contribution in [0.4, 0.5) is 0 Å². The molecule has 19 heavy (non-hydrogen) atoms. The van der Waals surface area contributed by atoms with Crippen molar-refractivity contribution >= 4 is 28.7 Å². The van der Waals surface area contributed by atoms with E-state index in [1.807, 2.05) is 30.3 Å². The maximum atomic E-state index is 11.8. The number of nitrogens with one attached hydrogen (secondary N) is 2. The minimum atomic E-state index is -0.620. The van der Waals surface area contributed by atoms with E-state index in [0.717, 1.165) is 17.3 Å². The molecule has 0 saturated carbocycles. The molecule has 1 aliphatic heterocycles. The zero-order chi connectivity index (χ0) is 13.8. The van der Waals surface area contributed by atoms with E-state index in [-0.39, 0.29) is 28.7 Å². The minimum absolute atomic E-state index is 0.0905. The molecule has 0 spiro atoms. The molecule has 5 nitrogen and oxygen atoms in total. The zero-order valence-electron chi connectivity index (χ0n) is 10.4. The van der Waals surface area contributed by atoms with Crippen LogP contribution in [0.25, 0.3) is 0 Å². The molecular weight excluding hydrogens is 264 g/mol. The fourth-order valence-electron chi connectivity index (χ4n) is 1.78. The third-order valence-corrected chi connectivity index (χ3v) is 3.66. The Hall–Kier alpha value is -1.82. The smallest absolute Gasteiger partial charge is 0.246 e. The molecule has 1 heterocycles. The number of carbonyl (C=O) groups excluding carboxylic acids is 3. The molecule has 1 aromatic rings. The summed E-state index contributed by atoms with van der Waals surface area (Å²) in [7, 11) is 0. The molecule has 1 saturated heterocycles. The first-order valence-corrected chi connectivity index (χ1v) is 6.75. The highest BCUT2D eigenvalue weighted by molar-refractivity contribution is 8.14. The van der Waals surface area contributed by atoms with Gasteiger partial charge in [0.05, 0.1) is 6.42 Å².